The highest BCUT2D eigenvalue weighted by Crippen LogP contribution is 2.40. The SMILES string of the molecule is CC.Cc1ncsc1-c1ccc(CNC(=O)C2CC(O)CN2C(=O)C(C2=CC(C)NO2)C2CCC2)cc1. The highest BCUT2D eigenvalue weighted by Gasteiger charge is 2.46. The van der Waals surface area contributed by atoms with Gasteiger partial charge in [0.1, 0.15) is 17.7 Å². The van der Waals surface area contributed by atoms with E-state index in [1.54, 1.807) is 16.2 Å². The number of β-amino-alcohol motifs (C(OH)–C–C–N with tert-alkyl or cyclic N) is 1. The van der Waals surface area contributed by atoms with Crippen molar-refractivity contribution in [3.8, 4) is 10.4 Å². The standard InChI is InChI=1S/C26H32N4O4S.C2H6/c1-15-10-22(34-29-15)23(18-4-3-5-18)26(33)30-13-20(31)11-21(30)25(32)27-12-17-6-8-19(9-7-17)24-16(2)28-14-35-24;1-2/h6-10,14-15,18,20-21,23,29,31H,3-5,11-13H2,1-2H3,(H,27,32);1-2H3. The van der Waals surface area contributed by atoms with Crippen molar-refractivity contribution >= 4 is 23.2 Å². The van der Waals surface area contributed by atoms with Crippen LogP contribution in [0.1, 0.15) is 57.7 Å². The van der Waals surface area contributed by atoms with Crippen LogP contribution in [-0.2, 0) is 21.0 Å². The van der Waals surface area contributed by atoms with Gasteiger partial charge in [0.05, 0.1) is 28.2 Å². The molecule has 1 saturated carbocycles. The van der Waals surface area contributed by atoms with Gasteiger partial charge in [-0.2, -0.15) is 5.48 Å². The van der Waals surface area contributed by atoms with Gasteiger partial charge in [-0.15, -0.1) is 11.3 Å². The Morgan fingerprint density at radius 1 is 1.27 bits per heavy atom. The molecule has 1 saturated heterocycles. The number of rotatable bonds is 7. The van der Waals surface area contributed by atoms with Crippen molar-refractivity contribution in [3.63, 3.8) is 0 Å². The number of amides is 2. The lowest BCUT2D eigenvalue weighted by Crippen LogP contribution is -2.49. The predicted octanol–water partition coefficient (Wildman–Crippen LogP) is 3.95. The van der Waals surface area contributed by atoms with E-state index in [9.17, 15) is 14.7 Å². The molecule has 0 radical (unpaired) electrons. The molecular weight excluding hydrogens is 488 g/mol. The topological polar surface area (TPSA) is 104 Å². The van der Waals surface area contributed by atoms with Crippen LogP contribution in [0, 0.1) is 18.8 Å². The number of aromatic nitrogens is 1. The molecule has 9 heteroatoms. The first-order valence-corrected chi connectivity index (χ1v) is 14.2. The number of nitrogens with one attached hydrogen (secondary N) is 2. The van der Waals surface area contributed by atoms with Gasteiger partial charge in [0.15, 0.2) is 0 Å². The van der Waals surface area contributed by atoms with E-state index in [0.29, 0.717) is 12.3 Å². The molecule has 2 aliphatic heterocycles. The molecule has 8 nitrogen and oxygen atoms in total. The minimum atomic E-state index is -0.714. The fourth-order valence-corrected chi connectivity index (χ4v) is 5.93. The van der Waals surface area contributed by atoms with Crippen LogP contribution in [0.25, 0.3) is 10.4 Å². The Balaban J connectivity index is 0.00000156. The normalized spacial score (nSPS) is 23.9. The summed E-state index contributed by atoms with van der Waals surface area (Å²) in [5.74, 6) is 0.0758. The van der Waals surface area contributed by atoms with Crippen molar-refractivity contribution in [1.29, 1.82) is 0 Å². The molecule has 2 fully saturated rings. The Hall–Kier alpha value is -2.75. The highest BCUT2D eigenvalue weighted by atomic mass is 32.1. The summed E-state index contributed by atoms with van der Waals surface area (Å²) in [4.78, 5) is 39.5. The molecule has 0 spiro atoms. The van der Waals surface area contributed by atoms with E-state index in [1.165, 1.54) is 0 Å². The number of aliphatic hydroxyl groups is 1. The lowest BCUT2D eigenvalue weighted by atomic mass is 9.74. The van der Waals surface area contributed by atoms with Crippen LogP contribution in [0.4, 0.5) is 0 Å². The first-order chi connectivity index (χ1) is 17.9. The molecule has 3 N–H and O–H groups in total. The number of nitrogens with zero attached hydrogens (tertiary/aromatic N) is 2. The number of likely N-dealkylation sites (tertiary alicyclic amines) is 1. The van der Waals surface area contributed by atoms with Crippen LogP contribution in [0.5, 0.6) is 0 Å². The van der Waals surface area contributed by atoms with Crippen LogP contribution in [0.2, 0.25) is 0 Å². The zero-order valence-electron chi connectivity index (χ0n) is 22.1. The molecule has 3 aliphatic rings. The zero-order chi connectivity index (χ0) is 26.5. The molecule has 4 unspecified atom stereocenters. The van der Waals surface area contributed by atoms with Crippen molar-refractivity contribution in [2.24, 2.45) is 11.8 Å². The average Bonchev–Trinajstić information content (AvgIpc) is 3.60. The van der Waals surface area contributed by atoms with Gasteiger partial charge in [0.25, 0.3) is 0 Å². The van der Waals surface area contributed by atoms with Crippen LogP contribution in [-0.4, -0.2) is 51.5 Å². The summed E-state index contributed by atoms with van der Waals surface area (Å²) >= 11 is 1.61. The van der Waals surface area contributed by atoms with E-state index in [-0.39, 0.29) is 36.7 Å². The van der Waals surface area contributed by atoms with Gasteiger partial charge in [0, 0.05) is 19.5 Å². The van der Waals surface area contributed by atoms with Crippen molar-refractivity contribution in [2.75, 3.05) is 6.54 Å². The van der Waals surface area contributed by atoms with Gasteiger partial charge < -0.3 is 20.2 Å². The molecule has 200 valence electrons. The molecule has 1 aromatic heterocycles. The van der Waals surface area contributed by atoms with Gasteiger partial charge in [0.2, 0.25) is 11.8 Å². The quantitative estimate of drug-likeness (QED) is 0.505. The molecule has 37 heavy (non-hydrogen) atoms. The summed E-state index contributed by atoms with van der Waals surface area (Å²) in [7, 11) is 0. The molecule has 2 amide bonds. The number of thiazole rings is 1. The van der Waals surface area contributed by atoms with Gasteiger partial charge in [-0.05, 0) is 49.8 Å². The van der Waals surface area contributed by atoms with Gasteiger partial charge in [-0.1, -0.05) is 44.5 Å². The maximum absolute atomic E-state index is 13.7. The number of aryl methyl sites for hydroxylation is 1. The molecule has 4 atom stereocenters. The molecule has 3 heterocycles. The lowest BCUT2D eigenvalue weighted by molar-refractivity contribution is -0.144. The van der Waals surface area contributed by atoms with Crippen molar-refractivity contribution in [3.05, 3.63) is 52.9 Å². The Bertz CT molecular complexity index is 1110. The van der Waals surface area contributed by atoms with Gasteiger partial charge in [-0.3, -0.25) is 9.59 Å². The second kappa shape index (κ2) is 12.2. The lowest BCUT2D eigenvalue weighted by Gasteiger charge is -2.36. The number of hydroxylamine groups is 1. The summed E-state index contributed by atoms with van der Waals surface area (Å²) in [6.07, 6.45) is 4.51. The summed E-state index contributed by atoms with van der Waals surface area (Å²) in [6, 6.07) is 7.40. The third-order valence-corrected chi connectivity index (χ3v) is 8.24. The fraction of sp³-hybridized carbons (Fsp3) is 0.536. The minimum Gasteiger partial charge on any atom is -0.412 e. The number of benzene rings is 1. The van der Waals surface area contributed by atoms with Crippen molar-refractivity contribution < 1.29 is 19.5 Å². The molecule has 0 bridgehead atoms. The predicted molar refractivity (Wildman–Crippen MR) is 144 cm³/mol. The summed E-state index contributed by atoms with van der Waals surface area (Å²) in [5.41, 5.74) is 7.81. The summed E-state index contributed by atoms with van der Waals surface area (Å²) in [5, 5.41) is 13.3. The smallest absolute Gasteiger partial charge is 0.243 e. The highest BCUT2D eigenvalue weighted by molar-refractivity contribution is 7.13. The number of carbonyl (C=O) groups excluding carboxylic acids is 2. The molecular formula is C28H38N4O4S. The first kappa shape index (κ1) is 27.3. The van der Waals surface area contributed by atoms with E-state index in [1.807, 2.05) is 63.5 Å². The molecule has 5 rings (SSSR count). The Labute approximate surface area is 223 Å². The second-order valence-corrected chi connectivity index (χ2v) is 10.7. The monoisotopic (exact) mass is 526 g/mol. The summed E-state index contributed by atoms with van der Waals surface area (Å²) in [6.45, 7) is 8.48. The summed E-state index contributed by atoms with van der Waals surface area (Å²) < 4.78 is 0. The van der Waals surface area contributed by atoms with Gasteiger partial charge >= 0.3 is 0 Å². The van der Waals surface area contributed by atoms with Crippen LogP contribution < -0.4 is 10.8 Å². The molecule has 1 aromatic carbocycles. The van der Waals surface area contributed by atoms with Crippen LogP contribution in [0.3, 0.4) is 0 Å². The Morgan fingerprint density at radius 3 is 2.57 bits per heavy atom. The first-order valence-electron chi connectivity index (χ1n) is 13.3. The number of hydrogen-bond acceptors (Lipinski definition) is 7. The molecule has 1 aliphatic carbocycles. The minimum absolute atomic E-state index is 0.0371. The number of aliphatic hydroxyl groups excluding tert-OH is 1. The van der Waals surface area contributed by atoms with E-state index >= 15 is 0 Å². The zero-order valence-corrected chi connectivity index (χ0v) is 22.9. The van der Waals surface area contributed by atoms with E-state index in [0.717, 1.165) is 41.0 Å². The van der Waals surface area contributed by atoms with E-state index < -0.39 is 18.1 Å². The second-order valence-electron chi connectivity index (χ2n) is 9.82. The Morgan fingerprint density at radius 2 is 2.00 bits per heavy atom. The van der Waals surface area contributed by atoms with Crippen LogP contribution >= 0.6 is 11.3 Å². The van der Waals surface area contributed by atoms with Crippen molar-refractivity contribution in [1.82, 2.24) is 20.7 Å². The Kier molecular flexibility index (Phi) is 9.00. The van der Waals surface area contributed by atoms with E-state index in [4.69, 9.17) is 4.84 Å². The largest absolute Gasteiger partial charge is 0.412 e. The molecule has 2 aromatic rings. The van der Waals surface area contributed by atoms with Crippen LogP contribution in [0.15, 0.2) is 41.6 Å². The van der Waals surface area contributed by atoms with Crippen molar-refractivity contribution in [2.45, 2.75) is 78.1 Å². The average molecular weight is 527 g/mol. The van der Waals surface area contributed by atoms with E-state index in [2.05, 4.69) is 15.8 Å². The number of hydrogen-bond donors (Lipinski definition) is 3. The maximum Gasteiger partial charge on any atom is 0.243 e. The van der Waals surface area contributed by atoms with Gasteiger partial charge in [-0.25, -0.2) is 4.98 Å². The fourth-order valence-electron chi connectivity index (χ4n) is 5.12. The third kappa shape index (κ3) is 6.05. The maximum atomic E-state index is 13.7. The number of carbonyl (C=O) groups is 2. The third-order valence-electron chi connectivity index (χ3n) is 7.26.